The van der Waals surface area contributed by atoms with Gasteiger partial charge in [0.25, 0.3) is 0 Å². The van der Waals surface area contributed by atoms with Crippen molar-refractivity contribution in [3.8, 4) is 28.1 Å². The molecule has 0 aliphatic carbocycles. The molecular formula is C20H15N3O. The van der Waals surface area contributed by atoms with Gasteiger partial charge in [0.15, 0.2) is 0 Å². The Morgan fingerprint density at radius 3 is 2.12 bits per heavy atom. The first kappa shape index (κ1) is 14.3. The lowest BCUT2D eigenvalue weighted by atomic mass is 9.99. The van der Waals surface area contributed by atoms with Gasteiger partial charge in [-0.05, 0) is 29.8 Å². The van der Waals surface area contributed by atoms with Gasteiger partial charge in [-0.25, -0.2) is 0 Å². The lowest BCUT2D eigenvalue weighted by molar-refractivity contribution is 0.415. The van der Waals surface area contributed by atoms with Crippen molar-refractivity contribution in [3.63, 3.8) is 0 Å². The Hall–Kier alpha value is -3.27. The largest absolute Gasteiger partial charge is 0.497 e. The third kappa shape index (κ3) is 2.48. The molecular weight excluding hydrogens is 298 g/mol. The van der Waals surface area contributed by atoms with Gasteiger partial charge in [-0.15, -0.1) is 0 Å². The molecule has 4 rings (SSSR count). The summed E-state index contributed by atoms with van der Waals surface area (Å²) in [6.45, 7) is 0. The van der Waals surface area contributed by atoms with Gasteiger partial charge in [0.05, 0.1) is 25.2 Å². The Morgan fingerprint density at radius 1 is 0.708 bits per heavy atom. The predicted octanol–water partition coefficient (Wildman–Crippen LogP) is 4.37. The van der Waals surface area contributed by atoms with Gasteiger partial charge in [-0.2, -0.15) is 10.2 Å². The summed E-state index contributed by atoms with van der Waals surface area (Å²) in [6, 6.07) is 18.1. The van der Waals surface area contributed by atoms with Crippen LogP contribution >= 0.6 is 0 Å². The first-order valence-electron chi connectivity index (χ1n) is 7.66. The quantitative estimate of drug-likeness (QED) is 0.563. The number of pyridine rings is 1. The molecule has 0 saturated carbocycles. The number of ether oxygens (including phenoxy) is 1. The zero-order valence-corrected chi connectivity index (χ0v) is 13.2. The summed E-state index contributed by atoms with van der Waals surface area (Å²) in [5.41, 5.74) is 4.08. The topological polar surface area (TPSA) is 47.9 Å². The van der Waals surface area contributed by atoms with E-state index < -0.39 is 0 Å². The van der Waals surface area contributed by atoms with Crippen LogP contribution in [0.15, 0.2) is 73.2 Å². The third-order valence-electron chi connectivity index (χ3n) is 4.05. The molecule has 0 aliphatic rings. The van der Waals surface area contributed by atoms with E-state index in [0.29, 0.717) is 0 Å². The van der Waals surface area contributed by atoms with Crippen molar-refractivity contribution < 1.29 is 4.74 Å². The van der Waals surface area contributed by atoms with Crippen LogP contribution in [-0.4, -0.2) is 22.3 Å². The number of rotatable bonds is 3. The zero-order valence-electron chi connectivity index (χ0n) is 13.2. The highest BCUT2D eigenvalue weighted by Crippen LogP contribution is 2.33. The Kier molecular flexibility index (Phi) is 3.63. The number of aromatic nitrogens is 3. The molecule has 2 heterocycles. The molecule has 4 nitrogen and oxygen atoms in total. The summed E-state index contributed by atoms with van der Waals surface area (Å²) in [5, 5.41) is 10.1. The van der Waals surface area contributed by atoms with Crippen LogP contribution in [0.4, 0.5) is 0 Å². The van der Waals surface area contributed by atoms with Gasteiger partial charge in [-0.3, -0.25) is 4.98 Å². The van der Waals surface area contributed by atoms with Crippen LogP contribution in [-0.2, 0) is 0 Å². The summed E-state index contributed by atoms with van der Waals surface area (Å²) in [5.74, 6) is 0.823. The van der Waals surface area contributed by atoms with Crippen LogP contribution in [0, 0.1) is 0 Å². The SMILES string of the molecule is COc1ccc(-c2ncc(-c3ccccc3)c3cnncc23)cc1. The van der Waals surface area contributed by atoms with Gasteiger partial charge >= 0.3 is 0 Å². The molecule has 4 aromatic rings. The molecule has 116 valence electrons. The molecule has 0 aliphatic heterocycles. The van der Waals surface area contributed by atoms with Crippen molar-refractivity contribution in [3.05, 3.63) is 73.2 Å². The fraction of sp³-hybridized carbons (Fsp3) is 0.0500. The number of hydrogen-bond acceptors (Lipinski definition) is 4. The molecule has 0 amide bonds. The van der Waals surface area contributed by atoms with Crippen LogP contribution in [0.3, 0.4) is 0 Å². The number of hydrogen-bond donors (Lipinski definition) is 0. The number of benzene rings is 2. The molecule has 4 heteroatoms. The normalized spacial score (nSPS) is 10.7. The third-order valence-corrected chi connectivity index (χ3v) is 4.05. The van der Waals surface area contributed by atoms with Crippen LogP contribution in [0.2, 0.25) is 0 Å². The molecule has 0 bridgehead atoms. The second-order valence-electron chi connectivity index (χ2n) is 5.43. The maximum atomic E-state index is 5.23. The van der Waals surface area contributed by atoms with Crippen molar-refractivity contribution in [2.45, 2.75) is 0 Å². The first-order valence-corrected chi connectivity index (χ1v) is 7.66. The second kappa shape index (κ2) is 6.08. The standard InChI is InChI=1S/C20H15N3O/c1-24-16-9-7-15(8-10-16)20-19-13-23-22-12-18(19)17(11-21-20)14-5-3-2-4-6-14/h2-13H,1H3. The molecule has 2 aromatic heterocycles. The summed E-state index contributed by atoms with van der Waals surface area (Å²) in [7, 11) is 1.66. The van der Waals surface area contributed by atoms with Crippen molar-refractivity contribution in [2.75, 3.05) is 7.11 Å². The monoisotopic (exact) mass is 313 g/mol. The Morgan fingerprint density at radius 2 is 1.42 bits per heavy atom. The molecule has 0 radical (unpaired) electrons. The van der Waals surface area contributed by atoms with Crippen molar-refractivity contribution in [2.24, 2.45) is 0 Å². The lowest BCUT2D eigenvalue weighted by Crippen LogP contribution is -1.92. The van der Waals surface area contributed by atoms with Crippen molar-refractivity contribution >= 4 is 10.8 Å². The van der Waals surface area contributed by atoms with Crippen molar-refractivity contribution in [1.29, 1.82) is 0 Å². The summed E-state index contributed by atoms with van der Waals surface area (Å²) < 4.78 is 5.23. The van der Waals surface area contributed by atoms with Crippen LogP contribution in [0.1, 0.15) is 0 Å². The average Bonchev–Trinajstić information content (AvgIpc) is 2.68. The Labute approximate surface area is 139 Å². The fourth-order valence-electron chi connectivity index (χ4n) is 2.82. The van der Waals surface area contributed by atoms with Gasteiger partial charge in [0.2, 0.25) is 0 Å². The van der Waals surface area contributed by atoms with Crippen molar-refractivity contribution in [1.82, 2.24) is 15.2 Å². The maximum absolute atomic E-state index is 5.23. The Bertz CT molecular complexity index is 983. The molecule has 0 atom stereocenters. The van der Waals surface area contributed by atoms with Crippen LogP contribution in [0.25, 0.3) is 33.2 Å². The molecule has 0 spiro atoms. The van der Waals surface area contributed by atoms with Gasteiger partial charge < -0.3 is 4.74 Å². The smallest absolute Gasteiger partial charge is 0.118 e. The summed E-state index contributed by atoms with van der Waals surface area (Å²) >= 11 is 0. The zero-order chi connectivity index (χ0) is 16.4. The number of fused-ring (bicyclic) bond motifs is 1. The van der Waals surface area contributed by atoms with Crippen LogP contribution in [0.5, 0.6) is 5.75 Å². The van der Waals surface area contributed by atoms with E-state index in [4.69, 9.17) is 9.72 Å². The van der Waals surface area contributed by atoms with Crippen LogP contribution < -0.4 is 4.74 Å². The second-order valence-corrected chi connectivity index (χ2v) is 5.43. The highest BCUT2D eigenvalue weighted by molar-refractivity contribution is 6.02. The fourth-order valence-corrected chi connectivity index (χ4v) is 2.82. The van der Waals surface area contributed by atoms with E-state index in [-0.39, 0.29) is 0 Å². The van der Waals surface area contributed by atoms with E-state index in [2.05, 4.69) is 22.3 Å². The highest BCUT2D eigenvalue weighted by Gasteiger charge is 2.11. The minimum Gasteiger partial charge on any atom is -0.497 e. The molecule has 0 saturated heterocycles. The molecule has 24 heavy (non-hydrogen) atoms. The molecule has 0 unspecified atom stereocenters. The van der Waals surface area contributed by atoms with E-state index in [0.717, 1.165) is 38.9 Å². The Balaban J connectivity index is 1.92. The van der Waals surface area contributed by atoms with Gasteiger partial charge in [-0.1, -0.05) is 30.3 Å². The van der Waals surface area contributed by atoms with E-state index in [9.17, 15) is 0 Å². The van der Waals surface area contributed by atoms with E-state index >= 15 is 0 Å². The van der Waals surface area contributed by atoms with E-state index in [1.807, 2.05) is 48.7 Å². The van der Waals surface area contributed by atoms with Gasteiger partial charge in [0.1, 0.15) is 5.75 Å². The summed E-state index contributed by atoms with van der Waals surface area (Å²) in [6.07, 6.45) is 5.47. The molecule has 0 fully saturated rings. The first-order chi connectivity index (χ1) is 11.9. The number of methoxy groups -OCH3 is 1. The molecule has 0 N–H and O–H groups in total. The average molecular weight is 313 g/mol. The summed E-state index contributed by atoms with van der Waals surface area (Å²) in [4.78, 5) is 4.70. The minimum absolute atomic E-state index is 0.823. The number of nitrogens with zero attached hydrogens (tertiary/aromatic N) is 3. The minimum atomic E-state index is 0.823. The van der Waals surface area contributed by atoms with E-state index in [1.165, 1.54) is 0 Å². The molecule has 2 aromatic carbocycles. The lowest BCUT2D eigenvalue weighted by Gasteiger charge is -2.10. The maximum Gasteiger partial charge on any atom is 0.118 e. The highest BCUT2D eigenvalue weighted by atomic mass is 16.5. The predicted molar refractivity (Wildman–Crippen MR) is 94.8 cm³/mol. The van der Waals surface area contributed by atoms with Gasteiger partial charge in [0, 0.05) is 28.1 Å². The van der Waals surface area contributed by atoms with E-state index in [1.54, 1.807) is 19.5 Å².